The van der Waals surface area contributed by atoms with Crippen molar-refractivity contribution in [3.8, 4) is 0 Å². The zero-order valence-electron chi connectivity index (χ0n) is 12.4. The van der Waals surface area contributed by atoms with E-state index in [4.69, 9.17) is 16.3 Å². The van der Waals surface area contributed by atoms with Crippen LogP contribution in [0.1, 0.15) is 38.7 Å². The van der Waals surface area contributed by atoms with E-state index >= 15 is 0 Å². The Morgan fingerprint density at radius 2 is 2.10 bits per heavy atom. The van der Waals surface area contributed by atoms with Crippen LogP contribution in [0.25, 0.3) is 0 Å². The minimum absolute atomic E-state index is 0.318. The largest absolute Gasteiger partial charge is 0.389 e. The number of benzene rings is 1. The molecule has 0 aliphatic rings. The SMILES string of the molecule is CCCCC(C)NCC(O)COCc1ccccc1Cl. The predicted octanol–water partition coefficient (Wildman–Crippen LogP) is 3.39. The molecule has 2 atom stereocenters. The molecule has 3 nitrogen and oxygen atoms in total. The van der Waals surface area contributed by atoms with Crippen molar-refractivity contribution in [1.29, 1.82) is 0 Å². The van der Waals surface area contributed by atoms with Crippen LogP contribution < -0.4 is 5.32 Å². The lowest BCUT2D eigenvalue weighted by Gasteiger charge is -2.17. The fourth-order valence-electron chi connectivity index (χ4n) is 1.93. The zero-order chi connectivity index (χ0) is 14.8. The minimum Gasteiger partial charge on any atom is -0.389 e. The topological polar surface area (TPSA) is 41.5 Å². The molecule has 2 unspecified atom stereocenters. The van der Waals surface area contributed by atoms with Crippen LogP contribution in [-0.4, -0.2) is 30.4 Å². The zero-order valence-corrected chi connectivity index (χ0v) is 13.2. The third-order valence-electron chi connectivity index (χ3n) is 3.22. The molecule has 4 heteroatoms. The fourth-order valence-corrected chi connectivity index (χ4v) is 2.12. The van der Waals surface area contributed by atoms with Gasteiger partial charge in [-0.25, -0.2) is 0 Å². The number of aliphatic hydroxyl groups excluding tert-OH is 1. The van der Waals surface area contributed by atoms with Gasteiger partial charge in [-0.05, 0) is 25.0 Å². The van der Waals surface area contributed by atoms with Crippen molar-refractivity contribution in [2.45, 2.75) is 51.9 Å². The molecule has 0 spiro atoms. The van der Waals surface area contributed by atoms with Gasteiger partial charge in [0, 0.05) is 17.6 Å². The van der Waals surface area contributed by atoms with Crippen LogP contribution in [0.3, 0.4) is 0 Å². The number of halogens is 1. The fraction of sp³-hybridized carbons (Fsp3) is 0.625. The Hall–Kier alpha value is -0.610. The van der Waals surface area contributed by atoms with Crippen LogP contribution in [0.2, 0.25) is 5.02 Å². The highest BCUT2D eigenvalue weighted by molar-refractivity contribution is 6.31. The molecule has 1 aromatic carbocycles. The first-order valence-corrected chi connectivity index (χ1v) is 7.73. The second-order valence-electron chi connectivity index (χ2n) is 5.21. The summed E-state index contributed by atoms with van der Waals surface area (Å²) in [6, 6.07) is 8.03. The lowest BCUT2D eigenvalue weighted by Crippen LogP contribution is -2.35. The molecule has 0 bridgehead atoms. The number of ether oxygens (including phenoxy) is 1. The number of unbranched alkanes of at least 4 members (excludes halogenated alkanes) is 1. The third-order valence-corrected chi connectivity index (χ3v) is 3.59. The van der Waals surface area contributed by atoms with Gasteiger partial charge in [0.25, 0.3) is 0 Å². The Morgan fingerprint density at radius 1 is 1.35 bits per heavy atom. The van der Waals surface area contributed by atoms with Crippen LogP contribution in [0.4, 0.5) is 0 Å². The van der Waals surface area contributed by atoms with Gasteiger partial charge in [-0.1, -0.05) is 49.6 Å². The molecule has 20 heavy (non-hydrogen) atoms. The van der Waals surface area contributed by atoms with Crippen LogP contribution in [0, 0.1) is 0 Å². The van der Waals surface area contributed by atoms with Gasteiger partial charge < -0.3 is 15.2 Å². The van der Waals surface area contributed by atoms with Gasteiger partial charge in [0.2, 0.25) is 0 Å². The van der Waals surface area contributed by atoms with E-state index in [0.717, 1.165) is 12.0 Å². The highest BCUT2D eigenvalue weighted by Gasteiger charge is 2.07. The molecule has 0 saturated heterocycles. The molecule has 0 aromatic heterocycles. The smallest absolute Gasteiger partial charge is 0.0897 e. The molecule has 0 heterocycles. The van der Waals surface area contributed by atoms with Crippen molar-refractivity contribution in [3.05, 3.63) is 34.9 Å². The molecule has 0 saturated carbocycles. The van der Waals surface area contributed by atoms with Crippen molar-refractivity contribution in [2.24, 2.45) is 0 Å². The summed E-state index contributed by atoms with van der Waals surface area (Å²) in [4.78, 5) is 0. The predicted molar refractivity (Wildman–Crippen MR) is 84.1 cm³/mol. The average molecular weight is 300 g/mol. The second-order valence-corrected chi connectivity index (χ2v) is 5.62. The van der Waals surface area contributed by atoms with Crippen LogP contribution in [0.5, 0.6) is 0 Å². The number of nitrogens with one attached hydrogen (secondary N) is 1. The van der Waals surface area contributed by atoms with Crippen molar-refractivity contribution >= 4 is 11.6 Å². The summed E-state index contributed by atoms with van der Waals surface area (Å²) in [6.07, 6.45) is 3.08. The number of rotatable bonds is 10. The van der Waals surface area contributed by atoms with Gasteiger partial charge in [0.15, 0.2) is 0 Å². The molecule has 0 amide bonds. The molecule has 1 rings (SSSR count). The van der Waals surface area contributed by atoms with Gasteiger partial charge in [0.05, 0.1) is 19.3 Å². The van der Waals surface area contributed by atoms with E-state index in [1.807, 2.05) is 24.3 Å². The van der Waals surface area contributed by atoms with E-state index in [2.05, 4.69) is 19.2 Å². The van der Waals surface area contributed by atoms with Gasteiger partial charge in [-0.2, -0.15) is 0 Å². The third kappa shape index (κ3) is 7.25. The number of hydrogen-bond donors (Lipinski definition) is 2. The quantitative estimate of drug-likeness (QED) is 0.696. The Labute approximate surface area is 127 Å². The molecule has 0 aliphatic carbocycles. The lowest BCUT2D eigenvalue weighted by atomic mass is 10.1. The summed E-state index contributed by atoms with van der Waals surface area (Å²) in [6.45, 7) is 5.64. The Kier molecular flexibility index (Phi) is 8.86. The molecule has 0 aliphatic heterocycles. The second kappa shape index (κ2) is 10.2. The van der Waals surface area contributed by atoms with E-state index < -0.39 is 6.10 Å². The molecule has 1 aromatic rings. The van der Waals surface area contributed by atoms with Gasteiger partial charge in [0.1, 0.15) is 0 Å². The van der Waals surface area contributed by atoms with E-state index in [1.165, 1.54) is 12.8 Å². The maximum absolute atomic E-state index is 9.85. The normalized spacial score (nSPS) is 14.2. The van der Waals surface area contributed by atoms with Crippen molar-refractivity contribution in [3.63, 3.8) is 0 Å². The maximum Gasteiger partial charge on any atom is 0.0897 e. The standard InChI is InChI=1S/C16H26ClNO2/c1-3-4-7-13(2)18-10-15(19)12-20-11-14-8-5-6-9-16(14)17/h5-6,8-9,13,15,18-19H,3-4,7,10-12H2,1-2H3. The van der Waals surface area contributed by atoms with E-state index in [-0.39, 0.29) is 0 Å². The van der Waals surface area contributed by atoms with E-state index in [0.29, 0.717) is 30.8 Å². The van der Waals surface area contributed by atoms with Crippen LogP contribution in [0.15, 0.2) is 24.3 Å². The minimum atomic E-state index is -0.485. The Morgan fingerprint density at radius 3 is 2.80 bits per heavy atom. The number of aliphatic hydroxyl groups is 1. The highest BCUT2D eigenvalue weighted by Crippen LogP contribution is 2.15. The molecule has 0 fully saturated rings. The highest BCUT2D eigenvalue weighted by atomic mass is 35.5. The number of hydrogen-bond acceptors (Lipinski definition) is 3. The van der Waals surface area contributed by atoms with Gasteiger partial charge in [-0.3, -0.25) is 0 Å². The molecular formula is C16H26ClNO2. The summed E-state index contributed by atoms with van der Waals surface area (Å²) in [7, 11) is 0. The van der Waals surface area contributed by atoms with E-state index in [1.54, 1.807) is 0 Å². The first kappa shape index (κ1) is 17.4. The lowest BCUT2D eigenvalue weighted by molar-refractivity contribution is 0.0277. The Balaban J connectivity index is 2.14. The first-order valence-electron chi connectivity index (χ1n) is 7.36. The molecule has 2 N–H and O–H groups in total. The monoisotopic (exact) mass is 299 g/mol. The van der Waals surface area contributed by atoms with E-state index in [9.17, 15) is 5.11 Å². The molecule has 0 radical (unpaired) electrons. The molecule has 114 valence electrons. The maximum atomic E-state index is 9.85. The summed E-state index contributed by atoms with van der Waals surface area (Å²) in [5, 5.41) is 13.9. The molecular weight excluding hydrogens is 274 g/mol. The Bertz CT molecular complexity index is 373. The van der Waals surface area contributed by atoms with Crippen molar-refractivity contribution < 1.29 is 9.84 Å². The van der Waals surface area contributed by atoms with Crippen molar-refractivity contribution in [2.75, 3.05) is 13.2 Å². The summed E-state index contributed by atoms with van der Waals surface area (Å²) in [5.41, 5.74) is 0.950. The average Bonchev–Trinajstić information content (AvgIpc) is 2.45. The van der Waals surface area contributed by atoms with Crippen molar-refractivity contribution in [1.82, 2.24) is 5.32 Å². The first-order chi connectivity index (χ1) is 9.63. The summed E-state index contributed by atoms with van der Waals surface area (Å²) < 4.78 is 5.50. The van der Waals surface area contributed by atoms with Gasteiger partial charge in [-0.15, -0.1) is 0 Å². The summed E-state index contributed by atoms with van der Waals surface area (Å²) >= 11 is 6.04. The van der Waals surface area contributed by atoms with Crippen LogP contribution in [-0.2, 0) is 11.3 Å². The van der Waals surface area contributed by atoms with Crippen LogP contribution >= 0.6 is 11.6 Å². The summed E-state index contributed by atoms with van der Waals surface area (Å²) in [5.74, 6) is 0. The van der Waals surface area contributed by atoms with Gasteiger partial charge >= 0.3 is 0 Å².